The van der Waals surface area contributed by atoms with Gasteiger partial charge < -0.3 is 0 Å². The van der Waals surface area contributed by atoms with Crippen molar-refractivity contribution in [2.45, 2.75) is 32.6 Å². The Hall–Kier alpha value is -5.67. The van der Waals surface area contributed by atoms with Crippen LogP contribution in [0, 0.1) is 6.92 Å². The first kappa shape index (κ1) is 27.6. The Morgan fingerprint density at radius 2 is 0.915 bits per heavy atom. The molecule has 0 fully saturated rings. The topological polar surface area (TPSA) is 38.7 Å². The minimum Gasteiger partial charge on any atom is -0.214 e. The van der Waals surface area contributed by atoms with E-state index in [0.29, 0.717) is 0 Å². The molecule has 3 heteroatoms. The van der Waals surface area contributed by atoms with Crippen LogP contribution < -0.4 is 0 Å². The second kappa shape index (κ2) is 11.3. The van der Waals surface area contributed by atoms with Crippen LogP contribution >= 0.6 is 0 Å². The molecular weight excluding hydrogens is 571 g/mol. The fourth-order valence-electron chi connectivity index (χ4n) is 7.22. The number of fused-ring (bicyclic) bond motifs is 4. The van der Waals surface area contributed by atoms with Crippen LogP contribution in [0.4, 0.5) is 0 Å². The van der Waals surface area contributed by atoms with Crippen molar-refractivity contribution in [1.82, 2.24) is 15.0 Å². The molecule has 7 aromatic rings. The van der Waals surface area contributed by atoms with Gasteiger partial charge in [0.25, 0.3) is 0 Å². The molecule has 2 aliphatic rings. The van der Waals surface area contributed by atoms with Gasteiger partial charge in [0, 0.05) is 5.56 Å². The van der Waals surface area contributed by atoms with Crippen molar-refractivity contribution in [1.29, 1.82) is 0 Å². The van der Waals surface area contributed by atoms with Crippen LogP contribution in [0.25, 0.3) is 67.4 Å². The highest BCUT2D eigenvalue weighted by Gasteiger charge is 2.19. The smallest absolute Gasteiger partial charge is 0.163 e. The summed E-state index contributed by atoms with van der Waals surface area (Å²) >= 11 is 0. The van der Waals surface area contributed by atoms with E-state index in [0.717, 1.165) is 48.7 Å². The second-order valence-corrected chi connectivity index (χ2v) is 12.8. The van der Waals surface area contributed by atoms with Gasteiger partial charge in [0.15, 0.2) is 11.6 Å². The van der Waals surface area contributed by atoms with Gasteiger partial charge in [0.1, 0.15) is 5.82 Å². The van der Waals surface area contributed by atoms with Gasteiger partial charge in [-0.2, -0.15) is 0 Å². The molecule has 224 valence electrons. The Morgan fingerprint density at radius 1 is 0.404 bits per heavy atom. The number of aromatic nitrogens is 3. The van der Waals surface area contributed by atoms with Gasteiger partial charge in [-0.05, 0) is 129 Å². The average Bonchev–Trinajstić information content (AvgIpc) is 3.13. The maximum atomic E-state index is 5.03. The van der Waals surface area contributed by atoms with Gasteiger partial charge in [-0.3, -0.25) is 0 Å². The minimum absolute atomic E-state index is 0.748. The third kappa shape index (κ3) is 5.24. The zero-order valence-corrected chi connectivity index (χ0v) is 26.4. The number of nitrogens with zero attached hydrogens (tertiary/aromatic N) is 3. The molecule has 6 aromatic carbocycles. The molecule has 1 aromatic heterocycles. The van der Waals surface area contributed by atoms with E-state index in [-0.39, 0.29) is 0 Å². The van der Waals surface area contributed by atoms with Crippen LogP contribution in [-0.2, 0) is 12.8 Å². The lowest BCUT2D eigenvalue weighted by atomic mass is 9.87. The highest BCUT2D eigenvalue weighted by atomic mass is 15.0. The number of hydrogen-bond donors (Lipinski definition) is 0. The van der Waals surface area contributed by atoms with Crippen molar-refractivity contribution in [2.24, 2.45) is 0 Å². The summed E-state index contributed by atoms with van der Waals surface area (Å²) in [6, 6.07) is 44.2. The average molecular weight is 604 g/mol. The van der Waals surface area contributed by atoms with Crippen LogP contribution in [0.2, 0.25) is 0 Å². The van der Waals surface area contributed by atoms with E-state index in [9.17, 15) is 0 Å². The van der Waals surface area contributed by atoms with Gasteiger partial charge >= 0.3 is 0 Å². The van der Waals surface area contributed by atoms with E-state index in [1.807, 2.05) is 6.92 Å². The molecule has 0 atom stereocenters. The molecule has 0 radical (unpaired) electrons. The lowest BCUT2D eigenvalue weighted by Crippen LogP contribution is -2.07. The van der Waals surface area contributed by atoms with Gasteiger partial charge in [0.2, 0.25) is 0 Å². The number of allylic oxidation sites excluding steroid dienone is 2. The normalized spacial score (nSPS) is 14.0. The monoisotopic (exact) mass is 603 g/mol. The van der Waals surface area contributed by atoms with E-state index >= 15 is 0 Å². The standard InChI is InChI=1S/C44H33N3/c1-28-45-43(41-20-18-37-24-35(14-16-39(37)26-41)33-12-10-29-6-2-4-8-31(29)22-33)47-44(46-28)42-21-19-38-25-36(15-17-40(38)27-42)34-13-11-30-7-3-5-9-32(30)23-34/h2-14,16,19,21-27H,15,17-18,20H2,1H3. The summed E-state index contributed by atoms with van der Waals surface area (Å²) in [7, 11) is 0. The maximum Gasteiger partial charge on any atom is 0.163 e. The van der Waals surface area contributed by atoms with Gasteiger partial charge in [0.05, 0.1) is 0 Å². The molecule has 9 rings (SSSR count). The van der Waals surface area contributed by atoms with Crippen LogP contribution in [0.15, 0.2) is 121 Å². The summed E-state index contributed by atoms with van der Waals surface area (Å²) in [5.41, 5.74) is 12.7. The molecule has 2 aliphatic carbocycles. The Kier molecular flexibility index (Phi) is 6.64. The van der Waals surface area contributed by atoms with Crippen LogP contribution in [0.5, 0.6) is 0 Å². The Bertz CT molecular complexity index is 2430. The summed E-state index contributed by atoms with van der Waals surface area (Å²) in [4.78, 5) is 14.6. The molecule has 47 heavy (non-hydrogen) atoms. The van der Waals surface area contributed by atoms with Crippen molar-refractivity contribution < 1.29 is 0 Å². The van der Waals surface area contributed by atoms with Crippen LogP contribution in [0.3, 0.4) is 0 Å². The minimum atomic E-state index is 0.748. The second-order valence-electron chi connectivity index (χ2n) is 12.8. The summed E-state index contributed by atoms with van der Waals surface area (Å²) < 4.78 is 0. The Morgan fingerprint density at radius 3 is 1.64 bits per heavy atom. The van der Waals surface area contributed by atoms with Crippen molar-refractivity contribution in [3.05, 3.63) is 161 Å². The molecule has 0 amide bonds. The SMILES string of the molecule is Cc1nc(C2=Cc3ccc(-c4ccc5ccccc5c4)cc3CC2)nc(-c2ccc3c(c2)CCC(c2ccc4ccccc4c2)=C3)n1. The molecule has 0 N–H and O–H groups in total. The molecule has 0 spiro atoms. The van der Waals surface area contributed by atoms with Crippen LogP contribution in [0.1, 0.15) is 52.3 Å². The fourth-order valence-corrected chi connectivity index (χ4v) is 7.22. The van der Waals surface area contributed by atoms with Crippen molar-refractivity contribution >= 4 is 44.8 Å². The first-order valence-corrected chi connectivity index (χ1v) is 16.5. The number of benzene rings is 6. The van der Waals surface area contributed by atoms with Gasteiger partial charge in [-0.1, -0.05) is 109 Å². The first-order valence-electron chi connectivity index (χ1n) is 16.5. The largest absolute Gasteiger partial charge is 0.214 e. The quantitative estimate of drug-likeness (QED) is 0.201. The van der Waals surface area contributed by atoms with Crippen LogP contribution in [-0.4, -0.2) is 15.0 Å². The highest BCUT2D eigenvalue weighted by molar-refractivity contribution is 5.92. The van der Waals surface area contributed by atoms with E-state index in [2.05, 4.69) is 133 Å². The lowest BCUT2D eigenvalue weighted by molar-refractivity contribution is 0.922. The predicted octanol–water partition coefficient (Wildman–Crippen LogP) is 10.8. The van der Waals surface area contributed by atoms with Gasteiger partial charge in [-0.15, -0.1) is 0 Å². The zero-order valence-electron chi connectivity index (χ0n) is 26.4. The van der Waals surface area contributed by atoms with E-state index in [4.69, 9.17) is 15.0 Å². The summed E-state index contributed by atoms with van der Waals surface area (Å²) in [6.07, 6.45) is 8.52. The van der Waals surface area contributed by atoms with E-state index in [1.165, 1.54) is 71.6 Å². The lowest BCUT2D eigenvalue weighted by Gasteiger charge is -2.19. The van der Waals surface area contributed by atoms with Gasteiger partial charge in [-0.25, -0.2) is 15.0 Å². The summed E-state index contributed by atoms with van der Waals surface area (Å²) in [5, 5.41) is 5.11. The molecule has 0 saturated heterocycles. The first-order chi connectivity index (χ1) is 23.1. The molecule has 0 aliphatic heterocycles. The Labute approximate surface area is 275 Å². The van der Waals surface area contributed by atoms with Crippen molar-refractivity contribution in [3.63, 3.8) is 0 Å². The number of aryl methyl sites for hydroxylation is 3. The molecule has 0 unspecified atom stereocenters. The molecule has 1 heterocycles. The number of rotatable bonds is 4. The summed E-state index contributed by atoms with van der Waals surface area (Å²) in [5.74, 6) is 2.28. The zero-order chi connectivity index (χ0) is 31.3. The maximum absolute atomic E-state index is 5.03. The Balaban J connectivity index is 0.995. The molecule has 0 bridgehead atoms. The van der Waals surface area contributed by atoms with Crippen molar-refractivity contribution in [3.8, 4) is 22.5 Å². The fraction of sp³-hybridized carbons (Fsp3) is 0.114. The van der Waals surface area contributed by atoms with E-state index < -0.39 is 0 Å². The predicted molar refractivity (Wildman–Crippen MR) is 196 cm³/mol. The molecule has 3 nitrogen and oxygen atoms in total. The molecular formula is C44H33N3. The summed E-state index contributed by atoms with van der Waals surface area (Å²) in [6.45, 7) is 1.97. The third-order valence-electron chi connectivity index (χ3n) is 9.77. The highest BCUT2D eigenvalue weighted by Crippen LogP contribution is 2.36. The third-order valence-corrected chi connectivity index (χ3v) is 9.77. The molecule has 0 saturated carbocycles. The van der Waals surface area contributed by atoms with Crippen molar-refractivity contribution in [2.75, 3.05) is 0 Å². The van der Waals surface area contributed by atoms with E-state index in [1.54, 1.807) is 0 Å². The number of hydrogen-bond acceptors (Lipinski definition) is 3.